The topological polar surface area (TPSA) is 231 Å². The Morgan fingerprint density at radius 1 is 0.522 bits per heavy atom. The van der Waals surface area contributed by atoms with Crippen molar-refractivity contribution in [3.05, 3.63) is 124 Å². The largest absolute Gasteiger partial charge is 0.507 e. The summed E-state index contributed by atoms with van der Waals surface area (Å²) in [7, 11) is 0. The highest BCUT2D eigenvalue weighted by Crippen LogP contribution is 2.56. The van der Waals surface area contributed by atoms with E-state index in [1.165, 1.54) is 25.5 Å². The number of aliphatic hydroxyl groups is 1. The van der Waals surface area contributed by atoms with Gasteiger partial charge in [-0.15, -0.1) is 0 Å². The van der Waals surface area contributed by atoms with Gasteiger partial charge in [-0.05, 0) is 126 Å². The second-order valence-electron chi connectivity index (χ2n) is 19.8. The normalized spacial score (nSPS) is 14.9. The molecule has 1 unspecified atom stereocenters. The zero-order chi connectivity index (χ0) is 50.7. The van der Waals surface area contributed by atoms with Crippen LogP contribution in [0.15, 0.2) is 88.8 Å². The molecule has 0 spiro atoms. The quantitative estimate of drug-likeness (QED) is 0.0306. The van der Waals surface area contributed by atoms with E-state index in [0.717, 1.165) is 41.2 Å². The first-order valence-corrected chi connectivity index (χ1v) is 23.1. The van der Waals surface area contributed by atoms with Crippen LogP contribution in [0.4, 0.5) is 0 Å². The SMILES string of the molecule is CC(C)=CCC/C(C)=C/Cc1c(O)c(O)c2oc3c(C4c5c(cc(O)c6c(=O)c7c(CC=C(C)C)c(CC=C(C)C)c(O)c(O)c7oc56)O[C@@H]4C(C)(C)O)c(O)cc(O)c3c(=O)c2c1CC=C(C)C. The lowest BCUT2D eigenvalue weighted by Crippen LogP contribution is -2.42. The summed E-state index contributed by atoms with van der Waals surface area (Å²) in [6, 6.07) is 2.11. The molecule has 1 aliphatic heterocycles. The molecule has 0 aliphatic carbocycles. The van der Waals surface area contributed by atoms with Gasteiger partial charge in [0.25, 0.3) is 0 Å². The maximum Gasteiger partial charge on any atom is 0.204 e. The number of phenols is 7. The van der Waals surface area contributed by atoms with Crippen molar-refractivity contribution < 1.29 is 54.4 Å². The Morgan fingerprint density at radius 3 is 1.39 bits per heavy atom. The van der Waals surface area contributed by atoms with Gasteiger partial charge in [-0.2, -0.15) is 0 Å². The van der Waals surface area contributed by atoms with E-state index in [1.807, 2.05) is 86.6 Å². The lowest BCUT2D eigenvalue weighted by molar-refractivity contribution is -0.0297. The van der Waals surface area contributed by atoms with Crippen LogP contribution in [0, 0.1) is 0 Å². The maximum atomic E-state index is 15.1. The average molecular weight is 943 g/mol. The number of rotatable bonds is 13. The van der Waals surface area contributed by atoms with Gasteiger partial charge in [-0.1, -0.05) is 58.2 Å². The number of hydrogen-bond donors (Lipinski definition) is 8. The Kier molecular flexibility index (Phi) is 13.5. The fourth-order valence-electron chi connectivity index (χ4n) is 9.34. The molecule has 0 fully saturated rings. The third-order valence-electron chi connectivity index (χ3n) is 12.9. The smallest absolute Gasteiger partial charge is 0.204 e. The van der Waals surface area contributed by atoms with Crippen LogP contribution in [0.3, 0.4) is 0 Å². The van der Waals surface area contributed by atoms with Gasteiger partial charge in [0, 0.05) is 34.4 Å². The highest BCUT2D eigenvalue weighted by atomic mass is 16.5. The summed E-state index contributed by atoms with van der Waals surface area (Å²) >= 11 is 0. The van der Waals surface area contributed by atoms with Crippen molar-refractivity contribution in [1.82, 2.24) is 0 Å². The summed E-state index contributed by atoms with van der Waals surface area (Å²) < 4.78 is 19.3. The van der Waals surface area contributed by atoms with Gasteiger partial charge in [0.2, 0.25) is 22.4 Å². The van der Waals surface area contributed by atoms with Crippen molar-refractivity contribution in [2.45, 2.75) is 132 Å². The molecule has 13 nitrogen and oxygen atoms in total. The first-order valence-electron chi connectivity index (χ1n) is 23.1. The predicted octanol–water partition coefficient (Wildman–Crippen LogP) is 11.6. The Bertz CT molecular complexity index is 3380. The van der Waals surface area contributed by atoms with E-state index in [2.05, 4.69) is 6.08 Å². The molecule has 7 rings (SSSR count). The zero-order valence-electron chi connectivity index (χ0n) is 41.1. The molecule has 3 heterocycles. The summed E-state index contributed by atoms with van der Waals surface area (Å²) in [6.45, 7) is 20.1. The summed E-state index contributed by atoms with van der Waals surface area (Å²) in [5, 5.41) is 92.9. The minimum absolute atomic E-state index is 0.0317. The predicted molar refractivity (Wildman–Crippen MR) is 270 cm³/mol. The number of phenolic OH excluding ortho intramolecular Hbond substituents is 7. The van der Waals surface area contributed by atoms with Crippen LogP contribution in [-0.4, -0.2) is 52.6 Å². The van der Waals surface area contributed by atoms with Gasteiger partial charge in [0.05, 0.1) is 22.3 Å². The van der Waals surface area contributed by atoms with Crippen LogP contribution >= 0.6 is 0 Å². The Balaban J connectivity index is 1.59. The summed E-state index contributed by atoms with van der Waals surface area (Å²) in [6.07, 6.45) is 10.3. The number of fused-ring (bicyclic) bond motifs is 6. The molecule has 0 radical (unpaired) electrons. The molecule has 0 amide bonds. The van der Waals surface area contributed by atoms with Gasteiger partial charge in [0.1, 0.15) is 51.0 Å². The van der Waals surface area contributed by atoms with Crippen LogP contribution in [0.1, 0.15) is 128 Å². The Labute approximate surface area is 399 Å². The molecule has 8 N–H and O–H groups in total. The van der Waals surface area contributed by atoms with Crippen molar-refractivity contribution in [3.8, 4) is 46.0 Å². The third kappa shape index (κ3) is 9.03. The highest BCUT2D eigenvalue weighted by Gasteiger charge is 2.49. The van der Waals surface area contributed by atoms with Gasteiger partial charge in [0.15, 0.2) is 22.7 Å². The van der Waals surface area contributed by atoms with Crippen LogP contribution in [0.2, 0.25) is 0 Å². The van der Waals surface area contributed by atoms with E-state index >= 15 is 9.59 Å². The molecule has 69 heavy (non-hydrogen) atoms. The van der Waals surface area contributed by atoms with E-state index in [9.17, 15) is 40.9 Å². The molecule has 6 aromatic rings. The second-order valence-corrected chi connectivity index (χ2v) is 19.8. The van der Waals surface area contributed by atoms with Crippen LogP contribution in [0.25, 0.3) is 43.9 Å². The molecule has 364 valence electrons. The van der Waals surface area contributed by atoms with E-state index in [-0.39, 0.29) is 75.4 Å². The van der Waals surface area contributed by atoms with Crippen molar-refractivity contribution >= 4 is 43.9 Å². The average Bonchev–Trinajstić information content (AvgIpc) is 3.63. The summed E-state index contributed by atoms with van der Waals surface area (Å²) in [5.74, 6) is -6.02. The Morgan fingerprint density at radius 2 is 0.942 bits per heavy atom. The maximum absolute atomic E-state index is 15.1. The van der Waals surface area contributed by atoms with E-state index in [0.29, 0.717) is 11.1 Å². The van der Waals surface area contributed by atoms with Crippen molar-refractivity contribution in [1.29, 1.82) is 0 Å². The molecule has 1 aliphatic rings. The minimum Gasteiger partial charge on any atom is -0.507 e. The molecule has 13 heteroatoms. The van der Waals surface area contributed by atoms with Gasteiger partial charge in [-0.25, -0.2) is 0 Å². The molecule has 0 saturated carbocycles. The van der Waals surface area contributed by atoms with Crippen molar-refractivity contribution in [2.75, 3.05) is 0 Å². The van der Waals surface area contributed by atoms with Gasteiger partial charge < -0.3 is 54.4 Å². The Hall–Kier alpha value is -7.12. The number of allylic oxidation sites excluding steroid dienone is 10. The number of hydrogen-bond acceptors (Lipinski definition) is 13. The molecule has 2 atom stereocenters. The number of benzene rings is 4. The monoisotopic (exact) mass is 942 g/mol. The third-order valence-corrected chi connectivity index (χ3v) is 12.9. The minimum atomic E-state index is -1.81. The van der Waals surface area contributed by atoms with Crippen LogP contribution < -0.4 is 15.6 Å². The molecule has 0 saturated heterocycles. The van der Waals surface area contributed by atoms with Crippen LogP contribution in [0.5, 0.6) is 46.0 Å². The molecule has 0 bridgehead atoms. The van der Waals surface area contributed by atoms with Gasteiger partial charge in [-0.3, -0.25) is 9.59 Å². The molecular weight excluding hydrogens is 881 g/mol. The first-order chi connectivity index (χ1) is 32.3. The first kappa shape index (κ1) is 49.8. The number of aromatic hydroxyl groups is 7. The van der Waals surface area contributed by atoms with Crippen molar-refractivity contribution in [3.63, 3.8) is 0 Å². The summed E-state index contributed by atoms with van der Waals surface area (Å²) in [4.78, 5) is 30.1. The second kappa shape index (κ2) is 18.8. The molecular formula is C56H62O13. The highest BCUT2D eigenvalue weighted by molar-refractivity contribution is 6.03. The van der Waals surface area contributed by atoms with E-state index < -0.39 is 90.9 Å². The zero-order valence-corrected chi connectivity index (χ0v) is 41.1. The number of ether oxygens (including phenoxy) is 1. The lowest BCUT2D eigenvalue weighted by atomic mass is 9.79. The van der Waals surface area contributed by atoms with Crippen LogP contribution in [-0.2, 0) is 25.7 Å². The standard InChI is InChI=1S/C56H62O13/c1-25(2)13-12-14-29(9)18-22-33-31(20-16-27(5)6)39-47(62)41-35(58)23-34(57)40(51(41)68-53(39)50(65)46(33)61)44-43-37(67-55(44)56(10,11)66)24-36(59)42-48(63)38-30(19-15-26(3)4)32(21-17-28(7)8)45(60)49(64)54(38)69-52(42)43/h13,15-18,23-24,44,55,57-61,64-66H,12,14,19-22H2,1-11H3/b29-18+/t44?,55-/m0/s1. The fourth-order valence-corrected chi connectivity index (χ4v) is 9.34. The van der Waals surface area contributed by atoms with E-state index in [4.69, 9.17) is 13.6 Å². The van der Waals surface area contributed by atoms with Gasteiger partial charge >= 0.3 is 0 Å². The summed E-state index contributed by atoms with van der Waals surface area (Å²) in [5.41, 5.74) is 0.898. The molecule has 2 aromatic heterocycles. The fraction of sp³-hybridized carbons (Fsp3) is 0.357. The lowest BCUT2D eigenvalue weighted by Gasteiger charge is -2.30. The molecule has 4 aromatic carbocycles. The van der Waals surface area contributed by atoms with E-state index in [1.54, 1.807) is 0 Å². The van der Waals surface area contributed by atoms with Crippen molar-refractivity contribution in [2.24, 2.45) is 0 Å².